The summed E-state index contributed by atoms with van der Waals surface area (Å²) in [6, 6.07) is 17.2. The summed E-state index contributed by atoms with van der Waals surface area (Å²) in [4.78, 5) is 12.4. The number of methoxy groups -OCH3 is 1. The Hall–Kier alpha value is -4.02. The summed E-state index contributed by atoms with van der Waals surface area (Å²) in [6.07, 6.45) is 10.8. The van der Waals surface area contributed by atoms with Gasteiger partial charge in [0.2, 0.25) is 0 Å². The first-order valence-electron chi connectivity index (χ1n) is 12.8. The zero-order valence-electron chi connectivity index (χ0n) is 22.8. The molecule has 0 aliphatic carbocycles. The number of rotatable bonds is 14. The van der Waals surface area contributed by atoms with E-state index in [1.165, 1.54) is 6.08 Å². The van der Waals surface area contributed by atoms with Gasteiger partial charge in [0, 0.05) is 25.0 Å². The van der Waals surface area contributed by atoms with Gasteiger partial charge in [-0.15, -0.1) is 6.58 Å². The Balaban J connectivity index is 1.96. The second-order valence-electron chi connectivity index (χ2n) is 8.63. The van der Waals surface area contributed by atoms with Gasteiger partial charge >= 0.3 is 6.03 Å². The van der Waals surface area contributed by atoms with E-state index in [0.717, 1.165) is 11.1 Å². The van der Waals surface area contributed by atoms with Crippen molar-refractivity contribution in [2.75, 3.05) is 25.6 Å². The maximum Gasteiger partial charge on any atom is 0.319 e. The minimum atomic E-state index is -1.17. The SMILES string of the molecule is C=CC/C=C\C(=C/CNC(=O)Nc1ccc(-c2ccccc2)cc1)NC(=S)NC(O)C(/C=C\COC)=C/C(C)O. The summed E-state index contributed by atoms with van der Waals surface area (Å²) in [6.45, 7) is 5.86. The zero-order chi connectivity index (χ0) is 29.2. The average molecular weight is 563 g/mol. The van der Waals surface area contributed by atoms with Crippen LogP contribution in [0.4, 0.5) is 10.5 Å². The molecule has 0 aromatic heterocycles. The summed E-state index contributed by atoms with van der Waals surface area (Å²) in [5.41, 5.74) is 3.87. The quantitative estimate of drug-likeness (QED) is 0.0850. The Morgan fingerprint density at radius 3 is 2.40 bits per heavy atom. The molecule has 40 heavy (non-hydrogen) atoms. The van der Waals surface area contributed by atoms with E-state index in [-0.39, 0.29) is 17.7 Å². The Morgan fingerprint density at radius 1 is 1.05 bits per heavy atom. The van der Waals surface area contributed by atoms with Crippen LogP contribution in [0.1, 0.15) is 13.3 Å². The number of hydrogen-bond acceptors (Lipinski definition) is 5. The molecule has 2 aromatic rings. The Labute approximate surface area is 241 Å². The molecule has 2 atom stereocenters. The van der Waals surface area contributed by atoms with Crippen molar-refractivity contribution >= 4 is 29.0 Å². The molecule has 6 N–H and O–H groups in total. The number of hydrogen-bond donors (Lipinski definition) is 6. The minimum absolute atomic E-state index is 0.154. The third kappa shape index (κ3) is 12.7. The lowest BCUT2D eigenvalue weighted by Crippen LogP contribution is -2.42. The number of carbonyl (C=O) groups excluding carboxylic acids is 1. The summed E-state index contributed by atoms with van der Waals surface area (Å²) in [5, 5.41) is 31.9. The number of ether oxygens (including phenoxy) is 1. The largest absolute Gasteiger partial charge is 0.389 e. The predicted molar refractivity (Wildman–Crippen MR) is 167 cm³/mol. The molecule has 8 nitrogen and oxygen atoms in total. The summed E-state index contributed by atoms with van der Waals surface area (Å²) in [5.74, 6) is 0. The van der Waals surface area contributed by atoms with Crippen LogP contribution in [0.2, 0.25) is 0 Å². The third-order valence-corrected chi connectivity index (χ3v) is 5.50. The number of thiocarbonyl (C=S) groups is 1. The lowest BCUT2D eigenvalue weighted by atomic mass is 10.1. The van der Waals surface area contributed by atoms with Gasteiger partial charge in [0.25, 0.3) is 0 Å². The van der Waals surface area contributed by atoms with Crippen molar-refractivity contribution < 1.29 is 19.7 Å². The van der Waals surface area contributed by atoms with Crippen molar-refractivity contribution in [3.63, 3.8) is 0 Å². The first kappa shape index (κ1) is 32.2. The number of aliphatic hydroxyl groups excluding tert-OH is 2. The Morgan fingerprint density at radius 2 is 1.75 bits per heavy atom. The van der Waals surface area contributed by atoms with Gasteiger partial charge in [0.15, 0.2) is 11.3 Å². The second kappa shape index (κ2) is 18.3. The first-order valence-corrected chi connectivity index (χ1v) is 13.2. The molecule has 0 heterocycles. The third-order valence-electron chi connectivity index (χ3n) is 5.28. The van der Waals surface area contributed by atoms with E-state index < -0.39 is 12.3 Å². The highest BCUT2D eigenvalue weighted by Crippen LogP contribution is 2.20. The van der Waals surface area contributed by atoms with Crippen molar-refractivity contribution in [2.45, 2.75) is 25.7 Å². The molecule has 0 bridgehead atoms. The van der Waals surface area contributed by atoms with E-state index in [1.807, 2.05) is 60.7 Å². The standard InChI is InChI=1S/C31H38N4O4S/c1-4-5-7-14-27(34-31(40)35-29(37)26(22-23(2)36)13-10-21-39-3)19-20-32-30(38)33-28-17-15-25(16-18-28)24-11-8-6-9-12-24/h4,6-19,22-23,29,36-37H,1,5,20-21H2,2-3H3,(H2,32,33,38)(H2,34,35,40)/b13-10-,14-7-,26-22+,27-19+. The van der Waals surface area contributed by atoms with Gasteiger partial charge in [0.1, 0.15) is 0 Å². The molecule has 212 valence electrons. The van der Waals surface area contributed by atoms with Crippen LogP contribution >= 0.6 is 12.2 Å². The number of carbonyl (C=O) groups is 1. The monoisotopic (exact) mass is 562 g/mol. The molecule has 2 aromatic carbocycles. The highest BCUT2D eigenvalue weighted by molar-refractivity contribution is 7.80. The Kier molecular flexibility index (Phi) is 14.7. The molecule has 2 unspecified atom stereocenters. The van der Waals surface area contributed by atoms with Crippen molar-refractivity contribution in [2.24, 2.45) is 0 Å². The summed E-state index contributed by atoms with van der Waals surface area (Å²) < 4.78 is 4.99. The first-order chi connectivity index (χ1) is 19.3. The van der Waals surface area contributed by atoms with Gasteiger partial charge in [-0.1, -0.05) is 66.8 Å². The van der Waals surface area contributed by atoms with Gasteiger partial charge in [-0.25, -0.2) is 4.79 Å². The molecule has 2 amide bonds. The Bertz CT molecular complexity index is 1210. The topological polar surface area (TPSA) is 115 Å². The van der Waals surface area contributed by atoms with Crippen molar-refractivity contribution in [1.29, 1.82) is 0 Å². The van der Waals surface area contributed by atoms with Gasteiger partial charge in [0.05, 0.1) is 12.7 Å². The normalized spacial score (nSPS) is 13.6. The minimum Gasteiger partial charge on any atom is -0.389 e. The van der Waals surface area contributed by atoms with E-state index in [4.69, 9.17) is 17.0 Å². The summed E-state index contributed by atoms with van der Waals surface area (Å²) >= 11 is 5.37. The molecule has 9 heteroatoms. The maximum absolute atomic E-state index is 12.4. The molecule has 0 aliphatic heterocycles. The number of allylic oxidation sites excluding steroid dienone is 3. The number of anilines is 1. The van der Waals surface area contributed by atoms with Crippen LogP contribution in [0.15, 0.2) is 115 Å². The number of benzene rings is 2. The predicted octanol–water partition coefficient (Wildman–Crippen LogP) is 4.78. The number of nitrogens with one attached hydrogen (secondary N) is 4. The fraction of sp³-hybridized carbons (Fsp3) is 0.226. The molecule has 2 rings (SSSR count). The van der Waals surface area contributed by atoms with Gasteiger partial charge in [-0.05, 0) is 72.6 Å². The lowest BCUT2D eigenvalue weighted by molar-refractivity contribution is 0.193. The van der Waals surface area contributed by atoms with Crippen molar-refractivity contribution in [3.8, 4) is 11.1 Å². The van der Waals surface area contributed by atoms with Crippen LogP contribution in [0, 0.1) is 0 Å². The highest BCUT2D eigenvalue weighted by Gasteiger charge is 2.11. The van der Waals surface area contributed by atoms with E-state index in [1.54, 1.807) is 44.4 Å². The van der Waals surface area contributed by atoms with E-state index in [9.17, 15) is 15.0 Å². The van der Waals surface area contributed by atoms with Crippen LogP contribution in [-0.2, 0) is 4.74 Å². The van der Waals surface area contributed by atoms with Crippen LogP contribution in [-0.4, -0.2) is 53.9 Å². The van der Waals surface area contributed by atoms with Crippen LogP contribution in [0.25, 0.3) is 11.1 Å². The fourth-order valence-electron chi connectivity index (χ4n) is 3.43. The van der Waals surface area contributed by atoms with E-state index >= 15 is 0 Å². The van der Waals surface area contributed by atoms with Crippen LogP contribution in [0.5, 0.6) is 0 Å². The molecule has 0 aliphatic rings. The van der Waals surface area contributed by atoms with E-state index in [2.05, 4.69) is 27.8 Å². The van der Waals surface area contributed by atoms with Gasteiger partial charge in [-0.2, -0.15) is 0 Å². The van der Waals surface area contributed by atoms with Crippen LogP contribution < -0.4 is 21.3 Å². The maximum atomic E-state index is 12.4. The number of amides is 2. The molecule has 0 fully saturated rings. The molecule has 0 saturated heterocycles. The fourth-order valence-corrected chi connectivity index (χ4v) is 3.66. The number of aliphatic hydroxyl groups is 2. The second-order valence-corrected chi connectivity index (χ2v) is 9.04. The van der Waals surface area contributed by atoms with Crippen molar-refractivity contribution in [3.05, 3.63) is 115 Å². The molecular weight excluding hydrogens is 524 g/mol. The highest BCUT2D eigenvalue weighted by atomic mass is 32.1. The molecule has 0 saturated carbocycles. The smallest absolute Gasteiger partial charge is 0.319 e. The van der Waals surface area contributed by atoms with Gasteiger partial charge in [-0.3, -0.25) is 0 Å². The summed E-state index contributed by atoms with van der Waals surface area (Å²) in [7, 11) is 1.56. The van der Waals surface area contributed by atoms with Crippen LogP contribution in [0.3, 0.4) is 0 Å². The van der Waals surface area contributed by atoms with Gasteiger partial charge < -0.3 is 36.2 Å². The lowest BCUT2D eigenvalue weighted by Gasteiger charge is -2.18. The molecule has 0 spiro atoms. The number of urea groups is 1. The van der Waals surface area contributed by atoms with Crippen molar-refractivity contribution in [1.82, 2.24) is 16.0 Å². The molecule has 0 radical (unpaired) electrons. The zero-order valence-corrected chi connectivity index (χ0v) is 23.7. The average Bonchev–Trinajstić information content (AvgIpc) is 2.93. The molecular formula is C31H38N4O4S. The van der Waals surface area contributed by atoms with E-state index in [0.29, 0.717) is 30.0 Å².